The quantitative estimate of drug-likeness (QED) is 0.830. The summed E-state index contributed by atoms with van der Waals surface area (Å²) in [6.07, 6.45) is 4.71. The number of piperidine rings is 1. The third-order valence-electron chi connectivity index (χ3n) is 6.66. The number of rotatable bonds is 4. The average Bonchev–Trinajstić information content (AvgIpc) is 2.57. The second-order valence-electron chi connectivity index (χ2n) is 8.64. The molecular weight excluding hydrogens is 314 g/mol. The van der Waals surface area contributed by atoms with Gasteiger partial charge in [0.1, 0.15) is 0 Å². The number of aliphatic hydroxyl groups is 1. The van der Waals surface area contributed by atoms with Gasteiger partial charge in [0.05, 0.1) is 24.9 Å². The molecule has 0 bridgehead atoms. The maximum Gasteiger partial charge on any atom is 0.0807 e. The fraction of sp³-hybridized carbons (Fsp3) is 1.00. The number of aliphatic hydroxyl groups excluding tert-OH is 1. The zero-order valence-electron chi connectivity index (χ0n) is 16.6. The highest BCUT2D eigenvalue weighted by molar-refractivity contribution is 5.03. The third-order valence-corrected chi connectivity index (χ3v) is 6.66. The maximum atomic E-state index is 9.54. The molecule has 4 rings (SSSR count). The predicted molar refractivity (Wildman–Crippen MR) is 102 cm³/mol. The van der Waals surface area contributed by atoms with Crippen LogP contribution in [0, 0.1) is 11.8 Å². The first kappa shape index (κ1) is 19.6. The van der Waals surface area contributed by atoms with Crippen molar-refractivity contribution in [2.75, 3.05) is 66.1 Å². The van der Waals surface area contributed by atoms with E-state index in [-0.39, 0.29) is 11.6 Å². The van der Waals surface area contributed by atoms with Crippen LogP contribution in [0.2, 0.25) is 0 Å². The van der Waals surface area contributed by atoms with Crippen LogP contribution < -0.4 is 0 Å². The molecule has 4 fully saturated rings. The highest BCUT2D eigenvalue weighted by Gasteiger charge is 2.49. The summed E-state index contributed by atoms with van der Waals surface area (Å²) in [5.74, 6) is 1.60. The number of likely N-dealkylation sites (tertiary alicyclic amines) is 1. The van der Waals surface area contributed by atoms with Crippen molar-refractivity contribution in [3.63, 3.8) is 0 Å². The summed E-state index contributed by atoms with van der Waals surface area (Å²) in [5.41, 5.74) is 0.282. The molecule has 1 saturated carbocycles. The summed E-state index contributed by atoms with van der Waals surface area (Å²) in [4.78, 5) is 7.87. The number of piperazine rings is 1. The van der Waals surface area contributed by atoms with Gasteiger partial charge < -0.3 is 14.7 Å². The van der Waals surface area contributed by atoms with E-state index in [1.54, 1.807) is 0 Å². The van der Waals surface area contributed by atoms with E-state index in [4.69, 9.17) is 4.74 Å². The highest BCUT2D eigenvalue weighted by Crippen LogP contribution is 2.35. The fourth-order valence-corrected chi connectivity index (χ4v) is 4.92. The number of hydrogen-bond acceptors (Lipinski definition) is 5. The summed E-state index contributed by atoms with van der Waals surface area (Å²) in [6.45, 7) is 14.4. The molecule has 0 aromatic rings. The normalized spacial score (nSPS) is 34.1. The van der Waals surface area contributed by atoms with Crippen molar-refractivity contribution < 1.29 is 9.84 Å². The Bertz CT molecular complexity index is 402. The van der Waals surface area contributed by atoms with Gasteiger partial charge in [-0.2, -0.15) is 0 Å². The van der Waals surface area contributed by atoms with Gasteiger partial charge in [-0.25, -0.2) is 0 Å². The minimum Gasteiger partial charge on any atom is -0.393 e. The zero-order chi connectivity index (χ0) is 17.9. The van der Waals surface area contributed by atoms with Crippen molar-refractivity contribution in [2.45, 2.75) is 51.2 Å². The van der Waals surface area contributed by atoms with Gasteiger partial charge in [-0.15, -0.1) is 0 Å². The fourth-order valence-electron chi connectivity index (χ4n) is 4.92. The summed E-state index contributed by atoms with van der Waals surface area (Å²) in [5, 5.41) is 9.54. The minimum atomic E-state index is -0.0284. The number of ether oxygens (including phenoxy) is 1. The van der Waals surface area contributed by atoms with Crippen LogP contribution in [-0.2, 0) is 4.74 Å². The van der Waals surface area contributed by atoms with Gasteiger partial charge >= 0.3 is 0 Å². The van der Waals surface area contributed by atoms with Crippen molar-refractivity contribution in [3.05, 3.63) is 0 Å². The SMILES string of the molecule is CC.CN1CCC(CN2CCN(CC3CC(O)C3)C3(COC3)C2)CC1. The van der Waals surface area contributed by atoms with Crippen LogP contribution in [0.25, 0.3) is 0 Å². The smallest absolute Gasteiger partial charge is 0.0807 e. The molecule has 3 aliphatic heterocycles. The Morgan fingerprint density at radius 3 is 2.20 bits per heavy atom. The average molecular weight is 354 g/mol. The summed E-state index contributed by atoms with van der Waals surface area (Å²) < 4.78 is 5.63. The Kier molecular flexibility index (Phi) is 6.77. The molecule has 3 saturated heterocycles. The molecule has 0 amide bonds. The van der Waals surface area contributed by atoms with Crippen LogP contribution in [0.4, 0.5) is 0 Å². The van der Waals surface area contributed by atoms with E-state index in [1.165, 1.54) is 58.7 Å². The van der Waals surface area contributed by atoms with E-state index in [2.05, 4.69) is 21.7 Å². The molecule has 3 heterocycles. The molecule has 0 radical (unpaired) electrons. The van der Waals surface area contributed by atoms with Crippen LogP contribution in [0.3, 0.4) is 0 Å². The zero-order valence-corrected chi connectivity index (χ0v) is 16.6. The molecule has 5 heteroatoms. The number of hydrogen-bond donors (Lipinski definition) is 1. The first-order valence-electron chi connectivity index (χ1n) is 10.5. The first-order valence-corrected chi connectivity index (χ1v) is 10.5. The van der Waals surface area contributed by atoms with Crippen LogP contribution >= 0.6 is 0 Å². The topological polar surface area (TPSA) is 39.2 Å². The summed E-state index contributed by atoms with van der Waals surface area (Å²) in [6, 6.07) is 0. The lowest BCUT2D eigenvalue weighted by Crippen LogP contribution is -2.72. The van der Waals surface area contributed by atoms with Gasteiger partial charge in [0.25, 0.3) is 0 Å². The first-order chi connectivity index (χ1) is 12.1. The summed E-state index contributed by atoms with van der Waals surface area (Å²) in [7, 11) is 2.24. The van der Waals surface area contributed by atoms with Crippen LogP contribution in [0.1, 0.15) is 39.5 Å². The Hall–Kier alpha value is -0.200. The van der Waals surface area contributed by atoms with Crippen LogP contribution in [0.5, 0.6) is 0 Å². The molecule has 1 N–H and O–H groups in total. The van der Waals surface area contributed by atoms with Crippen molar-refractivity contribution >= 4 is 0 Å². The second kappa shape index (κ2) is 8.66. The largest absolute Gasteiger partial charge is 0.393 e. The lowest BCUT2D eigenvalue weighted by Gasteiger charge is -2.57. The lowest BCUT2D eigenvalue weighted by atomic mass is 9.80. The molecular formula is C20H39N3O2. The molecule has 25 heavy (non-hydrogen) atoms. The van der Waals surface area contributed by atoms with E-state index in [0.717, 1.165) is 32.0 Å². The molecule has 1 spiro atoms. The monoisotopic (exact) mass is 353 g/mol. The van der Waals surface area contributed by atoms with E-state index >= 15 is 0 Å². The lowest BCUT2D eigenvalue weighted by molar-refractivity contribution is -0.178. The van der Waals surface area contributed by atoms with E-state index < -0.39 is 0 Å². The number of nitrogens with zero attached hydrogens (tertiary/aromatic N) is 3. The molecule has 146 valence electrons. The van der Waals surface area contributed by atoms with E-state index in [0.29, 0.717) is 5.92 Å². The van der Waals surface area contributed by atoms with Crippen molar-refractivity contribution in [1.82, 2.24) is 14.7 Å². The third kappa shape index (κ3) is 4.56. The van der Waals surface area contributed by atoms with Gasteiger partial charge in [0.2, 0.25) is 0 Å². The van der Waals surface area contributed by atoms with Gasteiger partial charge in [0.15, 0.2) is 0 Å². The van der Waals surface area contributed by atoms with Crippen LogP contribution in [0.15, 0.2) is 0 Å². The Morgan fingerprint density at radius 2 is 1.64 bits per heavy atom. The maximum absolute atomic E-state index is 9.54. The van der Waals surface area contributed by atoms with Gasteiger partial charge in [-0.1, -0.05) is 13.8 Å². The van der Waals surface area contributed by atoms with Crippen molar-refractivity contribution in [2.24, 2.45) is 11.8 Å². The van der Waals surface area contributed by atoms with Gasteiger partial charge in [0, 0.05) is 32.7 Å². The molecule has 0 aromatic heterocycles. The Balaban J connectivity index is 0.000000880. The summed E-state index contributed by atoms with van der Waals surface area (Å²) >= 11 is 0. The molecule has 0 atom stereocenters. The van der Waals surface area contributed by atoms with Crippen molar-refractivity contribution in [3.8, 4) is 0 Å². The molecule has 1 aliphatic carbocycles. The molecule has 0 unspecified atom stereocenters. The van der Waals surface area contributed by atoms with Crippen molar-refractivity contribution in [1.29, 1.82) is 0 Å². The minimum absolute atomic E-state index is 0.0284. The predicted octanol–water partition coefficient (Wildman–Crippen LogP) is 1.51. The van der Waals surface area contributed by atoms with Gasteiger partial charge in [-0.05, 0) is 57.7 Å². The van der Waals surface area contributed by atoms with Gasteiger partial charge in [-0.3, -0.25) is 9.80 Å². The molecule has 5 nitrogen and oxygen atoms in total. The molecule has 4 aliphatic rings. The van der Waals surface area contributed by atoms with E-state index in [1.807, 2.05) is 13.8 Å². The van der Waals surface area contributed by atoms with E-state index in [9.17, 15) is 5.11 Å². The Morgan fingerprint density at radius 1 is 0.960 bits per heavy atom. The standard InChI is InChI=1S/C18H33N3O2.C2H6/c1-19-4-2-15(3-5-19)10-20-6-7-21(11-16-8-17(22)9-16)18(12-20)13-23-14-18;1-2/h15-17,22H,2-14H2,1H3;1-2H3. The van der Waals surface area contributed by atoms with Crippen LogP contribution in [-0.4, -0.2) is 97.5 Å². The Labute approximate surface area is 154 Å². The highest BCUT2D eigenvalue weighted by atomic mass is 16.5. The second-order valence-corrected chi connectivity index (χ2v) is 8.64. The molecule has 0 aromatic carbocycles.